The van der Waals surface area contributed by atoms with Crippen LogP contribution in [0.15, 0.2) is 33.6 Å². The molecule has 0 aromatic heterocycles. The maximum atomic E-state index is 12.8. The molecule has 0 aliphatic heterocycles. The van der Waals surface area contributed by atoms with Crippen LogP contribution in [-0.4, -0.2) is 68.9 Å². The molecule has 1 aromatic carbocycles. The molecule has 154 valence electrons. The third-order valence-corrected chi connectivity index (χ3v) is 5.50. The lowest BCUT2D eigenvalue weighted by Gasteiger charge is -2.21. The number of anilines is 1. The van der Waals surface area contributed by atoms with Crippen LogP contribution in [0.25, 0.3) is 5.53 Å². The van der Waals surface area contributed by atoms with Gasteiger partial charge in [0.25, 0.3) is 10.0 Å². The van der Waals surface area contributed by atoms with Crippen LogP contribution in [0.2, 0.25) is 0 Å². The first-order chi connectivity index (χ1) is 13.3. The number of hydrogen-bond donors (Lipinski definition) is 0. The average molecular weight is 410 g/mol. The van der Waals surface area contributed by atoms with E-state index in [2.05, 4.69) is 18.8 Å². The van der Waals surface area contributed by atoms with Gasteiger partial charge in [-0.3, -0.25) is 0 Å². The number of ether oxygens (including phenoxy) is 1. The quantitative estimate of drug-likeness (QED) is 0.202. The standard InChI is InChI=1S/C18H27N5O4S/c1-6-22(7-2)14-10-12-15(13-11-14)28(25,26)21-17(23(8-3)9-4)16(20-19)18(24)27-5/h10-13H,6-9H2,1-5H3/b21-17-. The van der Waals surface area contributed by atoms with Crippen molar-refractivity contribution in [3.8, 4) is 0 Å². The molecule has 0 amide bonds. The summed E-state index contributed by atoms with van der Waals surface area (Å²) in [6.07, 6.45) is 0. The number of rotatable bonds is 9. The normalized spacial score (nSPS) is 11.5. The molecule has 0 saturated carbocycles. The van der Waals surface area contributed by atoms with Crippen LogP contribution in [0.1, 0.15) is 27.7 Å². The number of hydrogen-bond acceptors (Lipinski definition) is 5. The van der Waals surface area contributed by atoms with E-state index in [0.29, 0.717) is 13.1 Å². The summed E-state index contributed by atoms with van der Waals surface area (Å²) in [5, 5.41) is 0. The van der Waals surface area contributed by atoms with Gasteiger partial charge in [0.15, 0.2) is 0 Å². The zero-order chi connectivity index (χ0) is 21.3. The van der Waals surface area contributed by atoms with Crippen LogP contribution in [-0.2, 0) is 19.6 Å². The van der Waals surface area contributed by atoms with Gasteiger partial charge in [-0.2, -0.15) is 13.2 Å². The van der Waals surface area contributed by atoms with Crippen molar-refractivity contribution >= 4 is 33.2 Å². The Balaban J connectivity index is 3.46. The average Bonchev–Trinajstić information content (AvgIpc) is 2.70. The van der Waals surface area contributed by atoms with Crippen molar-refractivity contribution in [3.05, 3.63) is 29.8 Å². The smallest absolute Gasteiger partial charge is 0.441 e. The fourth-order valence-corrected chi connectivity index (χ4v) is 3.65. The fourth-order valence-electron chi connectivity index (χ4n) is 2.63. The van der Waals surface area contributed by atoms with E-state index in [1.807, 2.05) is 13.8 Å². The second-order valence-corrected chi connectivity index (χ2v) is 7.27. The molecule has 0 spiro atoms. The van der Waals surface area contributed by atoms with Crippen molar-refractivity contribution in [1.29, 1.82) is 0 Å². The lowest BCUT2D eigenvalue weighted by atomic mass is 10.3. The molecule has 0 aliphatic carbocycles. The Hall–Kier alpha value is -2.71. The van der Waals surface area contributed by atoms with E-state index >= 15 is 0 Å². The van der Waals surface area contributed by atoms with Gasteiger partial charge in [-0.1, -0.05) is 0 Å². The van der Waals surface area contributed by atoms with Crippen molar-refractivity contribution in [1.82, 2.24) is 4.90 Å². The predicted octanol–water partition coefficient (Wildman–Crippen LogP) is 1.81. The number of methoxy groups -OCH3 is 1. The van der Waals surface area contributed by atoms with Gasteiger partial charge in [0.2, 0.25) is 5.84 Å². The van der Waals surface area contributed by atoms with Gasteiger partial charge < -0.3 is 20.1 Å². The minimum Gasteiger partial charge on any atom is -0.460 e. The van der Waals surface area contributed by atoms with Crippen LogP contribution < -0.4 is 4.90 Å². The number of amidine groups is 1. The summed E-state index contributed by atoms with van der Waals surface area (Å²) in [6, 6.07) is 6.32. The predicted molar refractivity (Wildman–Crippen MR) is 108 cm³/mol. The highest BCUT2D eigenvalue weighted by Gasteiger charge is 2.34. The molecule has 28 heavy (non-hydrogen) atoms. The molecule has 9 nitrogen and oxygen atoms in total. The molecule has 0 fully saturated rings. The number of carbonyl (C=O) groups is 1. The number of sulfonamides is 1. The minimum atomic E-state index is -4.15. The van der Waals surface area contributed by atoms with Crippen molar-refractivity contribution in [2.45, 2.75) is 32.6 Å². The number of esters is 1. The van der Waals surface area contributed by atoms with Gasteiger partial charge >= 0.3 is 11.7 Å². The van der Waals surface area contributed by atoms with Crippen LogP contribution >= 0.6 is 0 Å². The van der Waals surface area contributed by atoms with Crippen molar-refractivity contribution in [2.75, 3.05) is 38.2 Å². The van der Waals surface area contributed by atoms with Crippen LogP contribution in [0.3, 0.4) is 0 Å². The third-order valence-electron chi connectivity index (χ3n) is 4.22. The largest absolute Gasteiger partial charge is 0.460 e. The first-order valence-corrected chi connectivity index (χ1v) is 10.5. The Bertz CT molecular complexity index is 850. The first-order valence-electron chi connectivity index (χ1n) is 9.05. The summed E-state index contributed by atoms with van der Waals surface area (Å²) in [4.78, 5) is 18.4. The van der Waals surface area contributed by atoms with Gasteiger partial charge in [-0.05, 0) is 52.0 Å². The highest BCUT2D eigenvalue weighted by molar-refractivity contribution is 7.90. The summed E-state index contributed by atoms with van der Waals surface area (Å²) in [6.45, 7) is 9.83. The number of benzene rings is 1. The van der Waals surface area contributed by atoms with Gasteiger partial charge in [0.1, 0.15) is 0 Å². The van der Waals surface area contributed by atoms with Crippen molar-refractivity contribution < 1.29 is 22.7 Å². The van der Waals surface area contributed by atoms with E-state index in [-0.39, 0.29) is 10.7 Å². The monoisotopic (exact) mass is 409 g/mol. The van der Waals surface area contributed by atoms with Crippen LogP contribution in [0.5, 0.6) is 0 Å². The summed E-state index contributed by atoms with van der Waals surface area (Å²) in [5.74, 6) is -1.26. The molecule has 0 N–H and O–H groups in total. The molecular weight excluding hydrogens is 382 g/mol. The van der Waals surface area contributed by atoms with Crippen LogP contribution in [0, 0.1) is 0 Å². The zero-order valence-corrected chi connectivity index (χ0v) is 17.7. The first kappa shape index (κ1) is 23.3. The Morgan fingerprint density at radius 1 is 1.07 bits per heavy atom. The van der Waals surface area contributed by atoms with E-state index in [1.165, 1.54) is 17.0 Å². The topological polar surface area (TPSA) is 116 Å². The SMILES string of the molecule is CCN(CC)/C(=N\S(=O)(=O)c1ccc(N(CC)CC)cc1)C(=[N+]=[N-])C(=O)OC. The summed E-state index contributed by atoms with van der Waals surface area (Å²) >= 11 is 0. The molecule has 0 aliphatic rings. The maximum Gasteiger partial charge on any atom is 0.441 e. The molecule has 0 saturated heterocycles. The van der Waals surface area contributed by atoms with Crippen molar-refractivity contribution in [3.63, 3.8) is 0 Å². The van der Waals surface area contributed by atoms with Gasteiger partial charge in [0, 0.05) is 31.9 Å². The van der Waals surface area contributed by atoms with Gasteiger partial charge in [0.05, 0.1) is 12.0 Å². The van der Waals surface area contributed by atoms with Gasteiger partial charge in [-0.15, -0.1) is 4.40 Å². The molecule has 1 rings (SSSR count). The second kappa shape index (κ2) is 10.6. The Kier molecular flexibility index (Phi) is 8.81. The number of carbonyl (C=O) groups excluding carboxylic acids is 1. The van der Waals surface area contributed by atoms with Gasteiger partial charge in [-0.25, -0.2) is 4.79 Å². The van der Waals surface area contributed by atoms with E-state index in [0.717, 1.165) is 25.9 Å². The molecule has 1 aromatic rings. The van der Waals surface area contributed by atoms with E-state index in [4.69, 9.17) is 0 Å². The molecule has 0 bridgehead atoms. The molecule has 10 heteroatoms. The molecular formula is C18H27N5O4S. The Labute approximate surface area is 166 Å². The summed E-state index contributed by atoms with van der Waals surface area (Å²) < 4.78 is 34.0. The Morgan fingerprint density at radius 3 is 2.00 bits per heavy atom. The minimum absolute atomic E-state index is 0.0322. The summed E-state index contributed by atoms with van der Waals surface area (Å²) in [5.41, 5.74) is 9.55. The number of nitrogens with zero attached hydrogens (tertiary/aromatic N) is 5. The summed E-state index contributed by atoms with van der Waals surface area (Å²) in [7, 11) is -3.04. The van der Waals surface area contributed by atoms with E-state index in [1.54, 1.807) is 26.0 Å². The highest BCUT2D eigenvalue weighted by Crippen LogP contribution is 2.20. The Morgan fingerprint density at radius 2 is 1.61 bits per heavy atom. The lowest BCUT2D eigenvalue weighted by Crippen LogP contribution is -2.41. The van der Waals surface area contributed by atoms with E-state index in [9.17, 15) is 18.7 Å². The van der Waals surface area contributed by atoms with E-state index < -0.39 is 21.7 Å². The highest BCUT2D eigenvalue weighted by atomic mass is 32.2. The molecule has 0 heterocycles. The lowest BCUT2D eigenvalue weighted by molar-refractivity contribution is -0.136. The second-order valence-electron chi connectivity index (χ2n) is 5.67. The maximum absolute atomic E-state index is 12.8. The van der Waals surface area contributed by atoms with Crippen molar-refractivity contribution in [2.24, 2.45) is 4.40 Å². The molecule has 0 atom stereocenters. The molecule has 0 radical (unpaired) electrons. The fraction of sp³-hybridized carbons (Fsp3) is 0.500. The zero-order valence-electron chi connectivity index (χ0n) is 16.9. The third kappa shape index (κ3) is 5.40. The molecule has 0 unspecified atom stereocenters. The van der Waals surface area contributed by atoms with Crippen LogP contribution in [0.4, 0.5) is 5.69 Å².